The third kappa shape index (κ3) is 1.77. The maximum absolute atomic E-state index is 5.55. The van der Waals surface area contributed by atoms with Crippen molar-refractivity contribution in [3.8, 4) is 10.7 Å². The number of fused-ring (bicyclic) bond motifs is 1. The van der Waals surface area contributed by atoms with E-state index in [2.05, 4.69) is 20.3 Å². The van der Waals surface area contributed by atoms with Crippen LogP contribution >= 0.6 is 11.3 Å². The lowest BCUT2D eigenvalue weighted by atomic mass is 10.2. The minimum atomic E-state index is 0.498. The maximum atomic E-state index is 5.55. The standard InChI is InChI=1S/C11H12N6S/c1-2-9-14-15-11-17(9)16-10(18-11)8-4-3-7(5-12)6-13-8/h3-4,6H,2,5,12H2,1H3. The van der Waals surface area contributed by atoms with Crippen LogP contribution in [-0.4, -0.2) is 24.8 Å². The minimum absolute atomic E-state index is 0.498. The SMILES string of the molecule is CCc1nnc2sc(-c3ccc(CN)cn3)nn12. The second-order valence-corrected chi connectivity index (χ2v) is 4.78. The molecule has 7 heteroatoms. The van der Waals surface area contributed by atoms with E-state index < -0.39 is 0 Å². The van der Waals surface area contributed by atoms with Crippen molar-refractivity contribution >= 4 is 16.3 Å². The second kappa shape index (κ2) is 4.43. The van der Waals surface area contributed by atoms with Gasteiger partial charge in [0.15, 0.2) is 10.8 Å². The van der Waals surface area contributed by atoms with E-state index >= 15 is 0 Å². The van der Waals surface area contributed by atoms with Crippen molar-refractivity contribution in [1.82, 2.24) is 24.8 Å². The lowest BCUT2D eigenvalue weighted by Gasteiger charge is -1.97. The highest BCUT2D eigenvalue weighted by molar-refractivity contribution is 7.19. The molecule has 0 unspecified atom stereocenters. The van der Waals surface area contributed by atoms with Crippen LogP contribution in [0.15, 0.2) is 18.3 Å². The minimum Gasteiger partial charge on any atom is -0.326 e. The first-order valence-electron chi connectivity index (χ1n) is 5.68. The molecule has 0 spiro atoms. The predicted molar refractivity (Wildman–Crippen MR) is 69.2 cm³/mol. The van der Waals surface area contributed by atoms with Crippen LogP contribution in [0.2, 0.25) is 0 Å². The van der Waals surface area contributed by atoms with Crippen LogP contribution in [0, 0.1) is 0 Å². The Morgan fingerprint density at radius 3 is 2.89 bits per heavy atom. The zero-order chi connectivity index (χ0) is 12.5. The van der Waals surface area contributed by atoms with E-state index in [1.54, 1.807) is 10.7 Å². The summed E-state index contributed by atoms with van der Waals surface area (Å²) >= 11 is 1.48. The van der Waals surface area contributed by atoms with E-state index in [4.69, 9.17) is 5.73 Å². The molecule has 92 valence electrons. The summed E-state index contributed by atoms with van der Waals surface area (Å²) in [5, 5.41) is 13.5. The highest BCUT2D eigenvalue weighted by Gasteiger charge is 2.12. The third-order valence-electron chi connectivity index (χ3n) is 2.65. The third-order valence-corrected chi connectivity index (χ3v) is 3.57. The highest BCUT2D eigenvalue weighted by Crippen LogP contribution is 2.23. The first kappa shape index (κ1) is 11.2. The first-order valence-corrected chi connectivity index (χ1v) is 6.50. The molecule has 0 amide bonds. The van der Waals surface area contributed by atoms with Crippen molar-refractivity contribution in [2.75, 3.05) is 0 Å². The van der Waals surface area contributed by atoms with Gasteiger partial charge in [-0.05, 0) is 11.6 Å². The first-order chi connectivity index (χ1) is 8.81. The number of pyridine rings is 1. The number of aryl methyl sites for hydroxylation is 1. The van der Waals surface area contributed by atoms with Crippen molar-refractivity contribution in [3.05, 3.63) is 29.7 Å². The topological polar surface area (TPSA) is 82.0 Å². The molecule has 2 N–H and O–H groups in total. The van der Waals surface area contributed by atoms with Crippen molar-refractivity contribution in [2.24, 2.45) is 5.73 Å². The van der Waals surface area contributed by atoms with Crippen LogP contribution in [0.5, 0.6) is 0 Å². The predicted octanol–water partition coefficient (Wildman–Crippen LogP) is 1.27. The summed E-state index contributed by atoms with van der Waals surface area (Å²) in [7, 11) is 0. The van der Waals surface area contributed by atoms with Gasteiger partial charge in [-0.15, -0.1) is 10.2 Å². The Labute approximate surface area is 107 Å². The van der Waals surface area contributed by atoms with Gasteiger partial charge in [0.1, 0.15) is 5.69 Å². The molecule has 0 aliphatic heterocycles. The van der Waals surface area contributed by atoms with Gasteiger partial charge in [-0.1, -0.05) is 24.3 Å². The summed E-state index contributed by atoms with van der Waals surface area (Å²) in [5.41, 5.74) is 7.39. The summed E-state index contributed by atoms with van der Waals surface area (Å²) in [6.45, 7) is 2.53. The smallest absolute Gasteiger partial charge is 0.235 e. The zero-order valence-corrected chi connectivity index (χ0v) is 10.7. The molecule has 3 aromatic heterocycles. The molecule has 0 atom stereocenters. The van der Waals surface area contributed by atoms with E-state index in [-0.39, 0.29) is 0 Å². The summed E-state index contributed by atoms with van der Waals surface area (Å²) in [5.74, 6) is 0.867. The van der Waals surface area contributed by atoms with Crippen LogP contribution in [0.25, 0.3) is 15.7 Å². The lowest BCUT2D eigenvalue weighted by Crippen LogP contribution is -1.97. The van der Waals surface area contributed by atoms with Crippen molar-refractivity contribution in [2.45, 2.75) is 19.9 Å². The van der Waals surface area contributed by atoms with Crippen LogP contribution in [0.1, 0.15) is 18.3 Å². The van der Waals surface area contributed by atoms with Gasteiger partial charge >= 0.3 is 0 Å². The van der Waals surface area contributed by atoms with Gasteiger partial charge in [0.25, 0.3) is 0 Å². The Kier molecular flexibility index (Phi) is 2.77. The summed E-state index contributed by atoms with van der Waals surface area (Å²) in [4.78, 5) is 5.15. The van der Waals surface area contributed by atoms with E-state index in [1.807, 2.05) is 19.1 Å². The molecule has 0 aliphatic rings. The number of hydrogen-bond donors (Lipinski definition) is 1. The van der Waals surface area contributed by atoms with Crippen LogP contribution in [-0.2, 0) is 13.0 Å². The summed E-state index contributed by atoms with van der Waals surface area (Å²) < 4.78 is 1.78. The number of rotatable bonds is 3. The molecule has 3 heterocycles. The average Bonchev–Trinajstić information content (AvgIpc) is 2.98. The van der Waals surface area contributed by atoms with E-state index in [0.29, 0.717) is 6.54 Å². The van der Waals surface area contributed by atoms with E-state index in [9.17, 15) is 0 Å². The monoisotopic (exact) mass is 260 g/mol. The molecular formula is C11H12N6S. The van der Waals surface area contributed by atoms with Gasteiger partial charge in [0.05, 0.1) is 0 Å². The molecule has 0 bridgehead atoms. The largest absolute Gasteiger partial charge is 0.326 e. The quantitative estimate of drug-likeness (QED) is 0.766. The van der Waals surface area contributed by atoms with Gasteiger partial charge < -0.3 is 5.73 Å². The molecule has 0 aromatic carbocycles. The second-order valence-electron chi connectivity index (χ2n) is 3.83. The molecule has 0 fully saturated rings. The van der Waals surface area contributed by atoms with Crippen LogP contribution in [0.4, 0.5) is 0 Å². The van der Waals surface area contributed by atoms with Crippen molar-refractivity contribution in [3.63, 3.8) is 0 Å². The summed E-state index contributed by atoms with van der Waals surface area (Å²) in [6.07, 6.45) is 2.59. The molecule has 6 nitrogen and oxygen atoms in total. The molecular weight excluding hydrogens is 248 g/mol. The Morgan fingerprint density at radius 2 is 2.22 bits per heavy atom. The number of aromatic nitrogens is 5. The molecule has 0 saturated carbocycles. The van der Waals surface area contributed by atoms with Crippen molar-refractivity contribution in [1.29, 1.82) is 0 Å². The Balaban J connectivity index is 2.04. The highest BCUT2D eigenvalue weighted by atomic mass is 32.1. The lowest BCUT2D eigenvalue weighted by molar-refractivity contribution is 0.837. The Morgan fingerprint density at radius 1 is 1.33 bits per heavy atom. The Hall–Kier alpha value is -1.86. The van der Waals surface area contributed by atoms with Gasteiger partial charge in [-0.25, -0.2) is 0 Å². The molecule has 0 aliphatic carbocycles. The fraction of sp³-hybridized carbons (Fsp3) is 0.273. The molecule has 3 aromatic rings. The number of nitrogens with zero attached hydrogens (tertiary/aromatic N) is 5. The van der Waals surface area contributed by atoms with Crippen LogP contribution in [0.3, 0.4) is 0 Å². The van der Waals surface area contributed by atoms with Gasteiger partial charge in [-0.2, -0.15) is 9.61 Å². The normalized spacial score (nSPS) is 11.2. The number of hydrogen-bond acceptors (Lipinski definition) is 6. The Bertz CT molecular complexity index is 668. The molecule has 0 saturated heterocycles. The average molecular weight is 260 g/mol. The zero-order valence-electron chi connectivity index (χ0n) is 9.87. The van der Waals surface area contributed by atoms with Gasteiger partial charge in [0.2, 0.25) is 4.96 Å². The maximum Gasteiger partial charge on any atom is 0.235 e. The van der Waals surface area contributed by atoms with E-state index in [0.717, 1.165) is 33.5 Å². The summed E-state index contributed by atoms with van der Waals surface area (Å²) in [6, 6.07) is 3.89. The molecule has 3 rings (SSSR count). The molecule has 0 radical (unpaired) electrons. The van der Waals surface area contributed by atoms with E-state index in [1.165, 1.54) is 11.3 Å². The molecule has 18 heavy (non-hydrogen) atoms. The van der Waals surface area contributed by atoms with Crippen molar-refractivity contribution < 1.29 is 0 Å². The van der Waals surface area contributed by atoms with Gasteiger partial charge in [-0.3, -0.25) is 4.98 Å². The van der Waals surface area contributed by atoms with Crippen LogP contribution < -0.4 is 5.73 Å². The fourth-order valence-corrected chi connectivity index (χ4v) is 2.49. The number of nitrogens with two attached hydrogens (primary N) is 1. The van der Waals surface area contributed by atoms with Gasteiger partial charge in [0, 0.05) is 19.2 Å². The fourth-order valence-electron chi connectivity index (χ4n) is 1.65.